The van der Waals surface area contributed by atoms with Crippen molar-refractivity contribution in [2.75, 3.05) is 37.0 Å². The maximum absolute atomic E-state index is 13.4. The summed E-state index contributed by atoms with van der Waals surface area (Å²) in [5.41, 5.74) is 2.64. The highest BCUT2D eigenvalue weighted by Gasteiger charge is 2.29. The van der Waals surface area contributed by atoms with Gasteiger partial charge in [0, 0.05) is 32.4 Å². The Morgan fingerprint density at radius 2 is 1.86 bits per heavy atom. The Labute approximate surface area is 181 Å². The van der Waals surface area contributed by atoms with Crippen molar-refractivity contribution in [3.63, 3.8) is 0 Å². The highest BCUT2D eigenvalue weighted by atomic mass is 35.5. The monoisotopic (exact) mass is 431 g/mol. The number of carbonyl (C=O) groups excluding carboxylic acids is 2. The van der Waals surface area contributed by atoms with Crippen LogP contribution in [0, 0.1) is 0 Å². The van der Waals surface area contributed by atoms with Gasteiger partial charge in [-0.2, -0.15) is 11.8 Å². The van der Waals surface area contributed by atoms with Gasteiger partial charge >= 0.3 is 0 Å². The third-order valence-electron chi connectivity index (χ3n) is 5.11. The number of amides is 2. The van der Waals surface area contributed by atoms with Crippen LogP contribution in [0.4, 0.5) is 5.69 Å². The minimum Gasteiger partial charge on any atom is -0.373 e. The number of anilines is 1. The SMILES string of the molecule is CSCCC(NC(=O)c1ccccc1Cl)C(=O)N1CCN(C)c2ccccc2C1. The molecular formula is C22H26ClN3O2S. The zero-order chi connectivity index (χ0) is 20.8. The number of nitrogens with one attached hydrogen (secondary N) is 1. The van der Waals surface area contributed by atoms with E-state index in [4.69, 9.17) is 11.6 Å². The van der Waals surface area contributed by atoms with Crippen LogP contribution < -0.4 is 10.2 Å². The van der Waals surface area contributed by atoms with Gasteiger partial charge in [0.2, 0.25) is 5.91 Å². The van der Waals surface area contributed by atoms with Crippen LogP contribution in [0.25, 0.3) is 0 Å². The van der Waals surface area contributed by atoms with E-state index in [9.17, 15) is 9.59 Å². The van der Waals surface area contributed by atoms with Gasteiger partial charge in [-0.05, 0) is 42.2 Å². The number of nitrogens with zero attached hydrogens (tertiary/aromatic N) is 2. The number of halogens is 1. The first-order valence-electron chi connectivity index (χ1n) is 9.63. The molecule has 7 heteroatoms. The molecule has 1 unspecified atom stereocenters. The number of likely N-dealkylation sites (N-methyl/N-ethyl adjacent to an activating group) is 1. The molecule has 1 aliphatic heterocycles. The van der Waals surface area contributed by atoms with E-state index in [0.29, 0.717) is 30.1 Å². The number of benzene rings is 2. The largest absolute Gasteiger partial charge is 0.373 e. The van der Waals surface area contributed by atoms with Gasteiger partial charge in [0.1, 0.15) is 6.04 Å². The Bertz CT molecular complexity index is 877. The lowest BCUT2D eigenvalue weighted by atomic mass is 10.1. The molecule has 2 aromatic rings. The van der Waals surface area contributed by atoms with E-state index in [1.54, 1.807) is 36.0 Å². The molecule has 0 aliphatic carbocycles. The maximum Gasteiger partial charge on any atom is 0.253 e. The van der Waals surface area contributed by atoms with Crippen molar-refractivity contribution in [3.05, 3.63) is 64.7 Å². The second-order valence-corrected chi connectivity index (χ2v) is 8.49. The van der Waals surface area contributed by atoms with E-state index >= 15 is 0 Å². The molecule has 2 amide bonds. The van der Waals surface area contributed by atoms with Gasteiger partial charge in [-0.3, -0.25) is 9.59 Å². The van der Waals surface area contributed by atoms with Gasteiger partial charge in [0.25, 0.3) is 5.91 Å². The predicted molar refractivity (Wildman–Crippen MR) is 121 cm³/mol. The summed E-state index contributed by atoms with van der Waals surface area (Å²) in [6.07, 6.45) is 2.57. The zero-order valence-electron chi connectivity index (χ0n) is 16.7. The fourth-order valence-electron chi connectivity index (χ4n) is 3.48. The highest BCUT2D eigenvalue weighted by Crippen LogP contribution is 2.24. The van der Waals surface area contributed by atoms with Crippen LogP contribution in [0.2, 0.25) is 5.02 Å². The summed E-state index contributed by atoms with van der Waals surface area (Å²) < 4.78 is 0. The average molecular weight is 432 g/mol. The molecule has 5 nitrogen and oxygen atoms in total. The molecule has 0 bridgehead atoms. The maximum atomic E-state index is 13.4. The Hall–Kier alpha value is -2.18. The fraction of sp³-hybridized carbons (Fsp3) is 0.364. The molecule has 0 saturated carbocycles. The summed E-state index contributed by atoms with van der Waals surface area (Å²) >= 11 is 7.82. The van der Waals surface area contributed by atoms with Crippen LogP contribution in [0.1, 0.15) is 22.3 Å². The molecule has 0 radical (unpaired) electrons. The number of para-hydroxylation sites is 1. The van der Waals surface area contributed by atoms with Gasteiger partial charge in [-0.15, -0.1) is 0 Å². The third kappa shape index (κ3) is 5.25. The fourth-order valence-corrected chi connectivity index (χ4v) is 4.17. The highest BCUT2D eigenvalue weighted by molar-refractivity contribution is 7.98. The second-order valence-electron chi connectivity index (χ2n) is 7.10. The van der Waals surface area contributed by atoms with Crippen LogP contribution in [0.15, 0.2) is 48.5 Å². The Morgan fingerprint density at radius 3 is 2.62 bits per heavy atom. The third-order valence-corrected chi connectivity index (χ3v) is 6.09. The van der Waals surface area contributed by atoms with E-state index in [-0.39, 0.29) is 11.8 Å². The minimum absolute atomic E-state index is 0.0513. The van der Waals surface area contributed by atoms with Crippen molar-refractivity contribution in [3.8, 4) is 0 Å². The zero-order valence-corrected chi connectivity index (χ0v) is 18.3. The molecule has 1 N–H and O–H groups in total. The molecule has 0 saturated heterocycles. The number of carbonyl (C=O) groups is 2. The summed E-state index contributed by atoms with van der Waals surface area (Å²) in [6.45, 7) is 1.90. The standard InChI is InChI=1S/C22H26ClN3O2S/c1-25-12-13-26(15-16-7-3-6-10-20(16)25)22(28)19(11-14-29-2)24-21(27)17-8-4-5-9-18(17)23/h3-10,19H,11-15H2,1-2H3,(H,24,27). The molecule has 3 rings (SSSR count). The molecule has 0 spiro atoms. The van der Waals surface area contributed by atoms with Crippen LogP contribution >= 0.6 is 23.4 Å². The number of fused-ring (bicyclic) bond motifs is 1. The summed E-state index contributed by atoms with van der Waals surface area (Å²) in [6, 6.07) is 14.4. The predicted octanol–water partition coefficient (Wildman–Crippen LogP) is 3.67. The lowest BCUT2D eigenvalue weighted by Crippen LogP contribution is -2.49. The molecular weight excluding hydrogens is 406 g/mol. The van der Waals surface area contributed by atoms with Crippen molar-refractivity contribution in [1.82, 2.24) is 10.2 Å². The van der Waals surface area contributed by atoms with Crippen LogP contribution in [0.5, 0.6) is 0 Å². The van der Waals surface area contributed by atoms with Gasteiger partial charge < -0.3 is 15.1 Å². The summed E-state index contributed by atoms with van der Waals surface area (Å²) in [7, 11) is 2.04. The molecule has 1 aliphatic rings. The normalized spacial score (nSPS) is 14.7. The molecule has 1 heterocycles. The first-order valence-corrected chi connectivity index (χ1v) is 11.4. The number of rotatable bonds is 6. The van der Waals surface area contributed by atoms with Crippen molar-refractivity contribution < 1.29 is 9.59 Å². The van der Waals surface area contributed by atoms with Crippen molar-refractivity contribution in [2.45, 2.75) is 19.0 Å². The number of hydrogen-bond donors (Lipinski definition) is 1. The Morgan fingerprint density at radius 1 is 1.14 bits per heavy atom. The Kier molecular flexibility index (Phi) is 7.45. The first-order chi connectivity index (χ1) is 14.0. The Balaban J connectivity index is 1.78. The average Bonchev–Trinajstić information content (AvgIpc) is 2.90. The van der Waals surface area contributed by atoms with Crippen LogP contribution in [-0.4, -0.2) is 54.9 Å². The van der Waals surface area contributed by atoms with Crippen LogP contribution in [-0.2, 0) is 11.3 Å². The quantitative estimate of drug-likeness (QED) is 0.758. The lowest BCUT2D eigenvalue weighted by Gasteiger charge is -2.27. The van der Waals surface area contributed by atoms with E-state index in [0.717, 1.165) is 23.5 Å². The first kappa shape index (κ1) is 21.5. The molecule has 0 aromatic heterocycles. The molecule has 2 aromatic carbocycles. The number of thioether (sulfide) groups is 1. The van der Waals surface area contributed by atoms with Gasteiger partial charge in [-0.25, -0.2) is 0 Å². The summed E-state index contributed by atoms with van der Waals surface area (Å²) in [5.74, 6) is 0.413. The van der Waals surface area contributed by atoms with Gasteiger partial charge in [0.05, 0.1) is 10.6 Å². The van der Waals surface area contributed by atoms with E-state index in [1.165, 1.54) is 0 Å². The molecule has 0 fully saturated rings. The van der Waals surface area contributed by atoms with Crippen molar-refractivity contribution >= 4 is 40.9 Å². The molecule has 1 atom stereocenters. The second kappa shape index (κ2) is 10.0. The van der Waals surface area contributed by atoms with Crippen molar-refractivity contribution in [1.29, 1.82) is 0 Å². The molecule has 29 heavy (non-hydrogen) atoms. The summed E-state index contributed by atoms with van der Waals surface area (Å²) in [5, 5.41) is 3.30. The lowest BCUT2D eigenvalue weighted by molar-refractivity contribution is -0.133. The smallest absolute Gasteiger partial charge is 0.253 e. The van der Waals surface area contributed by atoms with Gasteiger partial charge in [0.15, 0.2) is 0 Å². The number of hydrogen-bond acceptors (Lipinski definition) is 4. The molecule has 154 valence electrons. The topological polar surface area (TPSA) is 52.7 Å². The van der Waals surface area contributed by atoms with E-state index < -0.39 is 6.04 Å². The van der Waals surface area contributed by atoms with Crippen molar-refractivity contribution in [2.24, 2.45) is 0 Å². The van der Waals surface area contributed by atoms with Crippen LogP contribution in [0.3, 0.4) is 0 Å². The minimum atomic E-state index is -0.582. The van der Waals surface area contributed by atoms with Gasteiger partial charge in [-0.1, -0.05) is 41.9 Å². The summed E-state index contributed by atoms with van der Waals surface area (Å²) in [4.78, 5) is 30.2. The van der Waals surface area contributed by atoms with E-state index in [1.807, 2.05) is 30.3 Å². The van der Waals surface area contributed by atoms with E-state index in [2.05, 4.69) is 22.3 Å².